The quantitative estimate of drug-likeness (QED) is 0.0222. The maximum Gasteiger partial charge on any atom is 0.472 e. The van der Waals surface area contributed by atoms with E-state index in [1.807, 2.05) is 0 Å². The van der Waals surface area contributed by atoms with Crippen LogP contribution in [0.5, 0.6) is 0 Å². The molecule has 0 aliphatic rings. The van der Waals surface area contributed by atoms with Gasteiger partial charge in [0, 0.05) is 25.7 Å². The Labute approximate surface area is 619 Å². The molecule has 3 unspecified atom stereocenters. The van der Waals surface area contributed by atoms with Crippen LogP contribution in [0.1, 0.15) is 433 Å². The van der Waals surface area contributed by atoms with Gasteiger partial charge in [-0.3, -0.25) is 37.3 Å². The molecule has 17 nitrogen and oxygen atoms in total. The molecule has 3 N–H and O–H groups in total. The second-order valence-electron chi connectivity index (χ2n) is 30.2. The summed E-state index contributed by atoms with van der Waals surface area (Å²) in [6.45, 7) is 9.63. The summed E-state index contributed by atoms with van der Waals surface area (Å²) in [6.07, 6.45) is 63.8. The molecule has 0 spiro atoms. The van der Waals surface area contributed by atoms with Crippen LogP contribution in [0.15, 0.2) is 0 Å². The van der Waals surface area contributed by atoms with Crippen LogP contribution >= 0.6 is 15.6 Å². The Morgan fingerprint density at radius 2 is 0.505 bits per heavy atom. The molecule has 0 fully saturated rings. The molecule has 101 heavy (non-hydrogen) atoms. The number of esters is 4. The largest absolute Gasteiger partial charge is 0.472 e. The molecule has 0 aliphatic carbocycles. The van der Waals surface area contributed by atoms with Crippen molar-refractivity contribution in [1.29, 1.82) is 0 Å². The van der Waals surface area contributed by atoms with E-state index in [0.717, 1.165) is 108 Å². The van der Waals surface area contributed by atoms with Crippen molar-refractivity contribution in [2.24, 2.45) is 11.8 Å². The predicted molar refractivity (Wildman–Crippen MR) is 414 cm³/mol. The SMILES string of the molecule is CCCCCCCCCCCCCCCCCCCCCC(=O)O[C@H](COC(=O)CCCCCCCCCCCCCCCCC(C)C)COP(=O)(O)OC[C@@H](O)COP(=O)(O)OC[C@@H](COC(=O)CCCCCCCCC(C)CC)OC(=O)CCCCCCCCCCCCCCCCC. The summed E-state index contributed by atoms with van der Waals surface area (Å²) in [5, 5.41) is 10.6. The number of phosphoric acid groups is 2. The molecule has 0 heterocycles. The summed E-state index contributed by atoms with van der Waals surface area (Å²) in [4.78, 5) is 73.1. The molecule has 0 radical (unpaired) electrons. The van der Waals surface area contributed by atoms with Crippen molar-refractivity contribution >= 4 is 39.5 Å². The zero-order valence-corrected chi connectivity index (χ0v) is 68.0. The fourth-order valence-electron chi connectivity index (χ4n) is 12.7. The lowest BCUT2D eigenvalue weighted by molar-refractivity contribution is -0.161. The Kier molecular flexibility index (Phi) is 72.2. The summed E-state index contributed by atoms with van der Waals surface area (Å²) in [6, 6.07) is 0. The Bertz CT molecular complexity index is 1940. The second kappa shape index (κ2) is 73.6. The Hall–Kier alpha value is -1.94. The van der Waals surface area contributed by atoms with E-state index in [1.54, 1.807) is 0 Å². The van der Waals surface area contributed by atoms with E-state index in [0.29, 0.717) is 25.7 Å². The first-order valence-corrected chi connectivity index (χ1v) is 45.5. The minimum absolute atomic E-state index is 0.107. The molecule has 0 saturated carbocycles. The van der Waals surface area contributed by atoms with Crippen molar-refractivity contribution in [2.75, 3.05) is 39.6 Å². The van der Waals surface area contributed by atoms with Gasteiger partial charge in [0.1, 0.15) is 19.3 Å². The zero-order valence-electron chi connectivity index (χ0n) is 66.2. The minimum atomic E-state index is -4.96. The van der Waals surface area contributed by atoms with Crippen LogP contribution in [0.3, 0.4) is 0 Å². The first-order chi connectivity index (χ1) is 48.9. The predicted octanol–water partition coefficient (Wildman–Crippen LogP) is 24.7. The second-order valence-corrected chi connectivity index (χ2v) is 33.1. The van der Waals surface area contributed by atoms with Gasteiger partial charge in [0.05, 0.1) is 26.4 Å². The van der Waals surface area contributed by atoms with Crippen LogP contribution in [0.25, 0.3) is 0 Å². The minimum Gasteiger partial charge on any atom is -0.462 e. The third kappa shape index (κ3) is 74.7. The van der Waals surface area contributed by atoms with Gasteiger partial charge in [-0.05, 0) is 37.5 Å². The highest BCUT2D eigenvalue weighted by atomic mass is 31.2. The molecule has 0 aromatic heterocycles. The number of aliphatic hydroxyl groups excluding tert-OH is 1. The molecule has 0 rings (SSSR count). The highest BCUT2D eigenvalue weighted by Crippen LogP contribution is 2.45. The van der Waals surface area contributed by atoms with E-state index in [1.165, 1.54) is 244 Å². The van der Waals surface area contributed by atoms with Crippen LogP contribution < -0.4 is 0 Å². The van der Waals surface area contributed by atoms with Crippen LogP contribution in [0, 0.1) is 11.8 Å². The molecular weight excluding hydrogens is 1320 g/mol. The summed E-state index contributed by atoms with van der Waals surface area (Å²) in [7, 11) is -9.92. The van der Waals surface area contributed by atoms with Crippen molar-refractivity contribution in [3.63, 3.8) is 0 Å². The molecular formula is C82H160O17P2. The average molecular weight is 1480 g/mol. The van der Waals surface area contributed by atoms with E-state index in [4.69, 9.17) is 37.0 Å². The number of unbranched alkanes of at least 4 members (excludes halogenated alkanes) is 50. The lowest BCUT2D eigenvalue weighted by Gasteiger charge is -2.21. The van der Waals surface area contributed by atoms with Gasteiger partial charge in [-0.1, -0.05) is 382 Å². The smallest absolute Gasteiger partial charge is 0.462 e. The number of rotatable bonds is 81. The van der Waals surface area contributed by atoms with Gasteiger partial charge in [0.15, 0.2) is 12.2 Å². The lowest BCUT2D eigenvalue weighted by Crippen LogP contribution is -2.30. The summed E-state index contributed by atoms with van der Waals surface area (Å²) in [5.41, 5.74) is 0. The van der Waals surface area contributed by atoms with Gasteiger partial charge in [-0.15, -0.1) is 0 Å². The zero-order chi connectivity index (χ0) is 74.2. The van der Waals surface area contributed by atoms with Gasteiger partial charge >= 0.3 is 39.5 Å². The average Bonchev–Trinajstić information content (AvgIpc) is 1.06. The maximum atomic E-state index is 13.1. The normalized spacial score (nSPS) is 14.2. The summed E-state index contributed by atoms with van der Waals surface area (Å²) < 4.78 is 68.8. The van der Waals surface area contributed by atoms with Crippen LogP contribution in [0.4, 0.5) is 0 Å². The van der Waals surface area contributed by atoms with Crippen molar-refractivity contribution in [1.82, 2.24) is 0 Å². The van der Waals surface area contributed by atoms with E-state index in [9.17, 15) is 43.2 Å². The third-order valence-electron chi connectivity index (χ3n) is 19.6. The molecule has 0 aromatic rings. The monoisotopic (exact) mass is 1480 g/mol. The highest BCUT2D eigenvalue weighted by Gasteiger charge is 2.30. The van der Waals surface area contributed by atoms with Gasteiger partial charge in [-0.25, -0.2) is 9.13 Å². The number of hydrogen-bond donors (Lipinski definition) is 3. The maximum absolute atomic E-state index is 13.1. The van der Waals surface area contributed by atoms with Crippen molar-refractivity contribution < 1.29 is 80.2 Å². The molecule has 19 heteroatoms. The molecule has 600 valence electrons. The number of carbonyl (C=O) groups is 4. The van der Waals surface area contributed by atoms with Gasteiger partial charge in [0.2, 0.25) is 0 Å². The molecule has 0 aliphatic heterocycles. The molecule has 0 amide bonds. The summed E-state index contributed by atoms with van der Waals surface area (Å²) in [5.74, 6) is -0.577. The van der Waals surface area contributed by atoms with E-state index >= 15 is 0 Å². The van der Waals surface area contributed by atoms with Gasteiger partial charge < -0.3 is 33.8 Å². The molecule has 6 atom stereocenters. The van der Waals surface area contributed by atoms with E-state index in [-0.39, 0.29) is 25.7 Å². The van der Waals surface area contributed by atoms with E-state index in [2.05, 4.69) is 41.5 Å². The van der Waals surface area contributed by atoms with Crippen LogP contribution in [-0.2, 0) is 65.4 Å². The fraction of sp³-hybridized carbons (Fsp3) is 0.951. The van der Waals surface area contributed by atoms with Gasteiger partial charge in [-0.2, -0.15) is 0 Å². The van der Waals surface area contributed by atoms with Gasteiger partial charge in [0.25, 0.3) is 0 Å². The Morgan fingerprint density at radius 3 is 0.752 bits per heavy atom. The molecule has 0 aromatic carbocycles. The number of ether oxygens (including phenoxy) is 4. The third-order valence-corrected chi connectivity index (χ3v) is 21.5. The van der Waals surface area contributed by atoms with Crippen molar-refractivity contribution in [2.45, 2.75) is 452 Å². The molecule has 0 saturated heterocycles. The number of carbonyl (C=O) groups excluding carboxylic acids is 4. The number of hydrogen-bond acceptors (Lipinski definition) is 15. The van der Waals surface area contributed by atoms with Crippen LogP contribution in [-0.4, -0.2) is 96.7 Å². The fourth-order valence-corrected chi connectivity index (χ4v) is 14.3. The molecule has 0 bridgehead atoms. The standard InChI is InChI=1S/C82H160O17P2/c1-7-10-12-14-16-18-20-22-24-25-26-27-29-35-39-43-47-55-61-66-81(86)98-77(70-92-79(84)64-58-52-45-41-37-33-31-30-32-36-40-44-50-56-62-74(4)5)72-96-100(88,89)94-68-76(83)69-95-101(90,91)97-73-78(71-93-80(85)65-59-53-49-48-51-57-63-75(6)9-3)99-82(87)67-60-54-46-42-38-34-28-23-21-19-17-15-13-11-8-2/h74-78,83H,7-73H2,1-6H3,(H,88,89)(H,90,91)/t75?,76-,77-,78-/m1/s1. The topological polar surface area (TPSA) is 237 Å². The van der Waals surface area contributed by atoms with Crippen molar-refractivity contribution in [3.8, 4) is 0 Å². The van der Waals surface area contributed by atoms with E-state index < -0.39 is 97.5 Å². The number of phosphoric ester groups is 2. The van der Waals surface area contributed by atoms with Crippen molar-refractivity contribution in [3.05, 3.63) is 0 Å². The first kappa shape index (κ1) is 99.1. The first-order valence-electron chi connectivity index (χ1n) is 42.5. The number of aliphatic hydroxyl groups is 1. The Morgan fingerprint density at radius 1 is 0.287 bits per heavy atom. The van der Waals surface area contributed by atoms with Crippen LogP contribution in [0.2, 0.25) is 0 Å². The lowest BCUT2D eigenvalue weighted by atomic mass is 10.00. The highest BCUT2D eigenvalue weighted by molar-refractivity contribution is 7.47. The summed E-state index contributed by atoms with van der Waals surface area (Å²) >= 11 is 0. The Balaban J connectivity index is 5.24.